The summed E-state index contributed by atoms with van der Waals surface area (Å²) >= 11 is 1.77. The molecule has 0 amide bonds. The lowest BCUT2D eigenvalue weighted by Crippen LogP contribution is -2.44. The molecule has 1 N–H and O–H groups in total. The van der Waals surface area contributed by atoms with Crippen molar-refractivity contribution in [2.75, 3.05) is 11.0 Å². The highest BCUT2D eigenvalue weighted by atomic mass is 127. The van der Waals surface area contributed by atoms with E-state index >= 15 is 0 Å². The molecule has 1 heterocycles. The third kappa shape index (κ3) is 2.94. The van der Waals surface area contributed by atoms with Crippen LogP contribution in [0.15, 0.2) is 30.3 Å². The van der Waals surface area contributed by atoms with E-state index < -0.39 is 36.8 Å². The summed E-state index contributed by atoms with van der Waals surface area (Å²) < 4.78 is 38.1. The van der Waals surface area contributed by atoms with Crippen molar-refractivity contribution in [1.82, 2.24) is 0 Å². The lowest BCUT2D eigenvalue weighted by Gasteiger charge is -2.22. The fraction of sp³-hybridized carbons (Fsp3) is 0.462. The molecule has 1 aliphatic rings. The summed E-state index contributed by atoms with van der Waals surface area (Å²) in [5.41, 5.74) is 0.179. The topological polar surface area (TPSA) is 55.8 Å². The molecule has 20 heavy (non-hydrogen) atoms. The van der Waals surface area contributed by atoms with Gasteiger partial charge in [0.1, 0.15) is 12.2 Å². The Labute approximate surface area is 128 Å². The van der Waals surface area contributed by atoms with Crippen LogP contribution in [0.25, 0.3) is 0 Å². The van der Waals surface area contributed by atoms with Gasteiger partial charge in [0.05, 0.1) is 12.2 Å². The number of hydrogen-bond acceptors (Lipinski definition) is 4. The van der Waals surface area contributed by atoms with Crippen molar-refractivity contribution < 1.29 is 28.2 Å². The van der Waals surface area contributed by atoms with Gasteiger partial charge in [0.2, 0.25) is 0 Å². The molecule has 110 valence electrons. The predicted molar refractivity (Wildman–Crippen MR) is 75.2 cm³/mol. The van der Waals surface area contributed by atoms with E-state index in [-0.39, 0.29) is 9.99 Å². The van der Waals surface area contributed by atoms with Crippen LogP contribution in [0.5, 0.6) is 0 Å². The van der Waals surface area contributed by atoms with Gasteiger partial charge in [-0.3, -0.25) is 0 Å². The lowest BCUT2D eigenvalue weighted by molar-refractivity contribution is -0.110. The van der Waals surface area contributed by atoms with Crippen LogP contribution in [0.2, 0.25) is 0 Å². The first-order chi connectivity index (χ1) is 9.50. The summed E-state index contributed by atoms with van der Waals surface area (Å²) in [4.78, 5) is 11.9. The maximum atomic E-state index is 14.1. The third-order valence-corrected chi connectivity index (χ3v) is 3.85. The van der Waals surface area contributed by atoms with Gasteiger partial charge in [0.25, 0.3) is 0 Å². The van der Waals surface area contributed by atoms with Gasteiger partial charge in [-0.25, -0.2) is 4.79 Å². The van der Waals surface area contributed by atoms with E-state index in [0.29, 0.717) is 0 Å². The summed E-state index contributed by atoms with van der Waals surface area (Å²) in [6.45, 7) is -0.629. The lowest BCUT2D eigenvalue weighted by atomic mass is 10.1. The molecule has 7 heteroatoms. The van der Waals surface area contributed by atoms with Crippen LogP contribution in [-0.4, -0.2) is 46.3 Å². The molecule has 0 aromatic heterocycles. The second kappa shape index (κ2) is 6.31. The van der Waals surface area contributed by atoms with Crippen molar-refractivity contribution in [1.29, 1.82) is 0 Å². The number of alkyl halides is 3. The van der Waals surface area contributed by atoms with E-state index in [1.807, 2.05) is 0 Å². The number of rotatable bonds is 4. The van der Waals surface area contributed by atoms with Crippen LogP contribution in [0.3, 0.4) is 0 Å². The van der Waals surface area contributed by atoms with Gasteiger partial charge in [-0.15, -0.1) is 0 Å². The minimum absolute atomic E-state index is 0.0423. The van der Waals surface area contributed by atoms with Gasteiger partial charge < -0.3 is 14.6 Å². The number of ether oxygens (including phenoxy) is 2. The molecule has 2 rings (SSSR count). The van der Waals surface area contributed by atoms with Crippen LogP contribution in [0.4, 0.5) is 8.78 Å². The largest absolute Gasteiger partial charge is 0.449 e. The molecule has 1 unspecified atom stereocenters. The second-order valence-electron chi connectivity index (χ2n) is 4.37. The molecule has 0 radical (unpaired) electrons. The standard InChI is InChI=1S/C13H13F2IO4/c14-13(15)10(6-16)19-9(7-17)11(13)20-12(18)8-4-2-1-3-5-8/h1-5,9-11,17H,6-7H2/t9-,10+,11?/m1/s1. The molecule has 1 aromatic rings. The van der Waals surface area contributed by atoms with Crippen LogP contribution in [-0.2, 0) is 9.47 Å². The SMILES string of the molecule is O=C(OC1[C@@H](CO)O[C@@H](CI)C1(F)F)c1ccccc1. The van der Waals surface area contributed by atoms with Gasteiger partial charge in [-0.05, 0) is 12.1 Å². The zero-order valence-corrected chi connectivity index (χ0v) is 12.5. The summed E-state index contributed by atoms with van der Waals surface area (Å²) in [6, 6.07) is 7.86. The number of carbonyl (C=O) groups is 1. The van der Waals surface area contributed by atoms with Crippen LogP contribution >= 0.6 is 22.6 Å². The Morgan fingerprint density at radius 2 is 2.05 bits per heavy atom. The van der Waals surface area contributed by atoms with Crippen molar-refractivity contribution >= 4 is 28.6 Å². The fourth-order valence-electron chi connectivity index (χ4n) is 1.99. The smallest absolute Gasteiger partial charge is 0.338 e. The molecular formula is C13H13F2IO4. The highest BCUT2D eigenvalue weighted by Gasteiger charge is 2.60. The zero-order valence-electron chi connectivity index (χ0n) is 10.3. The second-order valence-corrected chi connectivity index (χ2v) is 5.25. The predicted octanol–water partition coefficient (Wildman–Crippen LogP) is 2.04. The summed E-state index contributed by atoms with van der Waals surface area (Å²) in [6.07, 6.45) is -4.36. The minimum Gasteiger partial charge on any atom is -0.449 e. The van der Waals surface area contributed by atoms with E-state index in [2.05, 4.69) is 0 Å². The quantitative estimate of drug-likeness (QED) is 0.479. The Balaban J connectivity index is 2.16. The monoisotopic (exact) mass is 398 g/mol. The Hall–Kier alpha value is -0.800. The number of benzene rings is 1. The van der Waals surface area contributed by atoms with Gasteiger partial charge >= 0.3 is 11.9 Å². The summed E-state index contributed by atoms with van der Waals surface area (Å²) in [5.74, 6) is -4.18. The van der Waals surface area contributed by atoms with E-state index in [0.717, 1.165) is 0 Å². The molecule has 4 nitrogen and oxygen atoms in total. The molecule has 1 aliphatic heterocycles. The van der Waals surface area contributed by atoms with Crippen LogP contribution in [0.1, 0.15) is 10.4 Å². The Morgan fingerprint density at radius 3 is 2.60 bits per heavy atom. The average molecular weight is 398 g/mol. The molecule has 1 aromatic carbocycles. The van der Waals surface area contributed by atoms with E-state index in [1.165, 1.54) is 12.1 Å². The van der Waals surface area contributed by atoms with Crippen molar-refractivity contribution in [2.45, 2.75) is 24.2 Å². The first-order valence-electron chi connectivity index (χ1n) is 5.96. The van der Waals surface area contributed by atoms with Crippen molar-refractivity contribution in [3.63, 3.8) is 0 Å². The number of esters is 1. The van der Waals surface area contributed by atoms with Crippen LogP contribution in [0, 0.1) is 0 Å². The molecule has 0 spiro atoms. The maximum absolute atomic E-state index is 14.1. The third-order valence-electron chi connectivity index (χ3n) is 3.05. The number of aliphatic hydroxyl groups is 1. The molecular weight excluding hydrogens is 385 g/mol. The molecule has 1 saturated heterocycles. The average Bonchev–Trinajstić information content (AvgIpc) is 2.70. The molecule has 0 aliphatic carbocycles. The normalized spacial score (nSPS) is 28.3. The van der Waals surface area contributed by atoms with Crippen molar-refractivity contribution in [3.8, 4) is 0 Å². The van der Waals surface area contributed by atoms with Gasteiger partial charge in [0.15, 0.2) is 6.10 Å². The molecule has 0 saturated carbocycles. The maximum Gasteiger partial charge on any atom is 0.338 e. The Bertz CT molecular complexity index is 469. The Morgan fingerprint density at radius 1 is 1.40 bits per heavy atom. The van der Waals surface area contributed by atoms with E-state index in [1.54, 1.807) is 40.8 Å². The molecule has 3 atom stereocenters. The molecule has 1 fully saturated rings. The number of hydrogen-bond donors (Lipinski definition) is 1. The van der Waals surface area contributed by atoms with E-state index in [4.69, 9.17) is 14.6 Å². The summed E-state index contributed by atoms with van der Waals surface area (Å²) in [7, 11) is 0. The highest BCUT2D eigenvalue weighted by Crippen LogP contribution is 2.39. The number of aliphatic hydroxyl groups excluding tert-OH is 1. The van der Waals surface area contributed by atoms with Gasteiger partial charge in [-0.2, -0.15) is 8.78 Å². The number of halogens is 3. The van der Waals surface area contributed by atoms with E-state index in [9.17, 15) is 13.6 Å². The fourth-order valence-corrected chi connectivity index (χ4v) is 2.79. The van der Waals surface area contributed by atoms with Crippen molar-refractivity contribution in [3.05, 3.63) is 35.9 Å². The highest BCUT2D eigenvalue weighted by molar-refractivity contribution is 14.1. The first kappa shape index (κ1) is 15.6. The van der Waals surface area contributed by atoms with Gasteiger partial charge in [0, 0.05) is 4.43 Å². The van der Waals surface area contributed by atoms with Gasteiger partial charge in [-0.1, -0.05) is 40.8 Å². The zero-order chi connectivity index (χ0) is 14.8. The number of carbonyl (C=O) groups excluding carboxylic acids is 1. The Kier molecular flexibility index (Phi) is 4.92. The van der Waals surface area contributed by atoms with Crippen LogP contribution < -0.4 is 0 Å². The van der Waals surface area contributed by atoms with Crippen molar-refractivity contribution in [2.24, 2.45) is 0 Å². The minimum atomic E-state index is -3.32. The molecule has 0 bridgehead atoms. The first-order valence-corrected chi connectivity index (χ1v) is 7.49. The summed E-state index contributed by atoms with van der Waals surface area (Å²) in [5, 5.41) is 9.11.